The molecule has 3 aliphatic rings. The van der Waals surface area contributed by atoms with Gasteiger partial charge in [-0.2, -0.15) is 0 Å². The van der Waals surface area contributed by atoms with E-state index in [0.717, 1.165) is 32.0 Å². The smallest absolute Gasteiger partial charge is 0.0922 e. The molecule has 0 radical (unpaired) electrons. The van der Waals surface area contributed by atoms with Crippen molar-refractivity contribution in [2.45, 2.75) is 51.0 Å². The molecule has 2 aromatic rings. The summed E-state index contributed by atoms with van der Waals surface area (Å²) >= 11 is 0. The van der Waals surface area contributed by atoms with Crippen LogP contribution in [-0.4, -0.2) is 29.6 Å². The second-order valence-corrected chi connectivity index (χ2v) is 7.46. The summed E-state index contributed by atoms with van der Waals surface area (Å²) in [5.41, 5.74) is 4.44. The molecule has 0 N–H and O–H groups in total. The van der Waals surface area contributed by atoms with Gasteiger partial charge in [0.1, 0.15) is 0 Å². The van der Waals surface area contributed by atoms with E-state index in [1.165, 1.54) is 59.4 Å². The van der Waals surface area contributed by atoms with Crippen LogP contribution in [0.3, 0.4) is 0 Å². The topological polar surface area (TPSA) is 20.5 Å². The molecule has 1 saturated carbocycles. The van der Waals surface area contributed by atoms with Crippen LogP contribution >= 0.6 is 0 Å². The van der Waals surface area contributed by atoms with E-state index in [0.29, 0.717) is 0 Å². The maximum atomic E-state index is 4.93. The van der Waals surface area contributed by atoms with Crippen molar-refractivity contribution < 1.29 is 0 Å². The molecule has 0 unspecified atom stereocenters. The van der Waals surface area contributed by atoms with Crippen LogP contribution in [0, 0.1) is 0 Å². The average molecular weight is 307 g/mol. The first kappa shape index (κ1) is 13.6. The largest absolute Gasteiger partial charge is 0.374 e. The van der Waals surface area contributed by atoms with E-state index < -0.39 is 0 Å². The minimum atomic E-state index is 0.770. The number of rotatable bonds is 1. The Morgan fingerprint density at radius 1 is 1.09 bits per heavy atom. The molecule has 1 aliphatic carbocycles. The van der Waals surface area contributed by atoms with Crippen molar-refractivity contribution in [1.29, 1.82) is 0 Å². The minimum Gasteiger partial charge on any atom is -0.374 e. The van der Waals surface area contributed by atoms with Crippen molar-refractivity contribution in [2.75, 3.05) is 20.1 Å². The van der Waals surface area contributed by atoms with Gasteiger partial charge in [-0.05, 0) is 36.5 Å². The van der Waals surface area contributed by atoms with E-state index in [-0.39, 0.29) is 0 Å². The summed E-state index contributed by atoms with van der Waals surface area (Å²) in [6.07, 6.45) is 8.04. The molecule has 0 atom stereocenters. The third-order valence-corrected chi connectivity index (χ3v) is 6.15. The number of hydrogen-bond donors (Lipinski definition) is 0. The van der Waals surface area contributed by atoms with Crippen LogP contribution in [-0.2, 0) is 6.54 Å². The Kier molecular flexibility index (Phi) is 3.04. The third kappa shape index (κ3) is 1.98. The molecule has 1 aromatic heterocycles. The predicted octanol–water partition coefficient (Wildman–Crippen LogP) is 2.77. The van der Waals surface area contributed by atoms with Gasteiger partial charge in [0.15, 0.2) is 0 Å². The number of benzene rings is 1. The molecule has 0 amide bonds. The van der Waals surface area contributed by atoms with Crippen molar-refractivity contribution in [3.63, 3.8) is 0 Å². The molecule has 120 valence electrons. The number of hydrogen-bond acceptors (Lipinski definition) is 2. The lowest BCUT2D eigenvalue weighted by molar-refractivity contribution is 0.399. The lowest BCUT2D eigenvalue weighted by Gasteiger charge is -2.28. The van der Waals surface area contributed by atoms with Gasteiger partial charge in [-0.15, -0.1) is 0 Å². The van der Waals surface area contributed by atoms with Crippen LogP contribution in [0.15, 0.2) is 23.2 Å². The van der Waals surface area contributed by atoms with Crippen molar-refractivity contribution >= 4 is 16.6 Å². The number of aromatic nitrogens is 1. The zero-order chi connectivity index (χ0) is 15.4. The highest BCUT2D eigenvalue weighted by Gasteiger charge is 2.23. The van der Waals surface area contributed by atoms with Gasteiger partial charge >= 0.3 is 0 Å². The van der Waals surface area contributed by atoms with Crippen molar-refractivity contribution in [3.05, 3.63) is 34.5 Å². The first-order valence-corrected chi connectivity index (χ1v) is 9.24. The molecule has 1 fully saturated rings. The van der Waals surface area contributed by atoms with Crippen LogP contribution in [0.4, 0.5) is 0 Å². The standard InChI is InChI=1S/C20H25N3/c1-22-11-12-23-17-8-7-15(14-5-3-2-4-6-14)13-16(17)19-20(23)18(22)9-10-21-19/h7-8,13-14H,2-6,9-12H2,1H3. The first-order chi connectivity index (χ1) is 11.3. The van der Waals surface area contributed by atoms with Crippen LogP contribution in [0.5, 0.6) is 0 Å². The van der Waals surface area contributed by atoms with E-state index in [2.05, 4.69) is 34.7 Å². The molecule has 0 bridgehead atoms. The van der Waals surface area contributed by atoms with Gasteiger partial charge in [-0.1, -0.05) is 25.3 Å². The molecule has 3 nitrogen and oxygen atoms in total. The molecule has 2 aliphatic heterocycles. The maximum Gasteiger partial charge on any atom is 0.0922 e. The van der Waals surface area contributed by atoms with Gasteiger partial charge in [0.05, 0.1) is 16.2 Å². The van der Waals surface area contributed by atoms with Gasteiger partial charge in [0.2, 0.25) is 0 Å². The first-order valence-electron chi connectivity index (χ1n) is 9.24. The van der Waals surface area contributed by atoms with Crippen molar-refractivity contribution in [1.82, 2.24) is 9.47 Å². The number of likely N-dealkylation sites (N-methyl/N-ethyl adjacent to an activating group) is 1. The molecular weight excluding hydrogens is 282 g/mol. The van der Waals surface area contributed by atoms with E-state index in [9.17, 15) is 0 Å². The van der Waals surface area contributed by atoms with E-state index >= 15 is 0 Å². The van der Waals surface area contributed by atoms with Crippen LogP contribution in [0.2, 0.25) is 0 Å². The Hall–Kier alpha value is -1.77. The minimum absolute atomic E-state index is 0.770. The van der Waals surface area contributed by atoms with Crippen molar-refractivity contribution in [3.8, 4) is 0 Å². The molecule has 1 aromatic carbocycles. The SMILES string of the molecule is CN1CCn2c3c(c4cc(C5CCCCC5)ccc42)=NCCC=31. The summed E-state index contributed by atoms with van der Waals surface area (Å²) in [5, 5.41) is 4.07. The molecule has 23 heavy (non-hydrogen) atoms. The summed E-state index contributed by atoms with van der Waals surface area (Å²) in [4.78, 5) is 7.37. The maximum absolute atomic E-state index is 4.93. The highest BCUT2D eigenvalue weighted by molar-refractivity contribution is 5.82. The highest BCUT2D eigenvalue weighted by atomic mass is 15.2. The molecule has 3 heteroatoms. The fraction of sp³-hybridized carbons (Fsp3) is 0.550. The summed E-state index contributed by atoms with van der Waals surface area (Å²) in [6.45, 7) is 3.15. The van der Waals surface area contributed by atoms with Crippen LogP contribution in [0.1, 0.15) is 50.0 Å². The van der Waals surface area contributed by atoms with Crippen LogP contribution < -0.4 is 10.7 Å². The van der Waals surface area contributed by atoms with Gasteiger partial charge in [-0.3, -0.25) is 4.99 Å². The predicted molar refractivity (Wildman–Crippen MR) is 94.1 cm³/mol. The Morgan fingerprint density at radius 2 is 1.96 bits per heavy atom. The fourth-order valence-electron chi connectivity index (χ4n) is 4.88. The normalized spacial score (nSPS) is 21.4. The van der Waals surface area contributed by atoms with E-state index in [4.69, 9.17) is 4.99 Å². The number of nitrogens with zero attached hydrogens (tertiary/aromatic N) is 3. The fourth-order valence-corrected chi connectivity index (χ4v) is 4.88. The van der Waals surface area contributed by atoms with Crippen molar-refractivity contribution in [2.24, 2.45) is 4.99 Å². The van der Waals surface area contributed by atoms with Gasteiger partial charge in [-0.25, -0.2) is 0 Å². The molecule has 0 spiro atoms. The quantitative estimate of drug-likeness (QED) is 0.793. The monoisotopic (exact) mass is 307 g/mol. The average Bonchev–Trinajstić information content (AvgIpc) is 2.94. The highest BCUT2D eigenvalue weighted by Crippen LogP contribution is 2.33. The summed E-state index contributed by atoms with van der Waals surface area (Å²) in [5.74, 6) is 0.770. The molecule has 0 saturated heterocycles. The lowest BCUT2D eigenvalue weighted by atomic mass is 9.84. The zero-order valence-electron chi connectivity index (χ0n) is 14.0. The molecule has 3 heterocycles. The second kappa shape index (κ2) is 5.12. The molecular formula is C20H25N3. The molecule has 5 rings (SSSR count). The Bertz CT molecular complexity index is 884. The Labute approximate surface area is 137 Å². The van der Waals surface area contributed by atoms with Gasteiger partial charge < -0.3 is 9.47 Å². The summed E-state index contributed by atoms with van der Waals surface area (Å²) in [7, 11) is 2.24. The Balaban J connectivity index is 1.76. The zero-order valence-corrected chi connectivity index (χ0v) is 14.0. The lowest BCUT2D eigenvalue weighted by Crippen LogP contribution is -2.45. The number of fused-ring (bicyclic) bond motifs is 3. The van der Waals surface area contributed by atoms with E-state index in [1.807, 2.05) is 0 Å². The summed E-state index contributed by atoms with van der Waals surface area (Å²) in [6, 6.07) is 7.24. The van der Waals surface area contributed by atoms with Gasteiger partial charge in [0.25, 0.3) is 0 Å². The van der Waals surface area contributed by atoms with Crippen LogP contribution in [0.25, 0.3) is 16.6 Å². The third-order valence-electron chi connectivity index (χ3n) is 6.15. The van der Waals surface area contributed by atoms with E-state index in [1.54, 1.807) is 5.56 Å². The Morgan fingerprint density at radius 3 is 2.83 bits per heavy atom. The van der Waals surface area contributed by atoms with Gasteiger partial charge in [0, 0.05) is 44.2 Å². The second-order valence-electron chi connectivity index (χ2n) is 7.46. The summed E-state index contributed by atoms with van der Waals surface area (Å²) < 4.78 is 2.52.